The van der Waals surface area contributed by atoms with Crippen molar-refractivity contribution in [1.29, 1.82) is 0 Å². The summed E-state index contributed by atoms with van der Waals surface area (Å²) >= 11 is 0. The summed E-state index contributed by atoms with van der Waals surface area (Å²) in [7, 11) is 1.78. The number of hydrogen-bond donors (Lipinski definition) is 1. The zero-order valence-electron chi connectivity index (χ0n) is 14.6. The average Bonchev–Trinajstić information content (AvgIpc) is 3.07. The Kier molecular flexibility index (Phi) is 5.45. The van der Waals surface area contributed by atoms with E-state index in [0.29, 0.717) is 30.7 Å². The molecule has 0 radical (unpaired) electrons. The first-order valence-corrected chi connectivity index (χ1v) is 8.54. The molecule has 0 saturated carbocycles. The highest BCUT2D eigenvalue weighted by molar-refractivity contribution is 5.93. The standard InChI is InChI=1S/C17H19F4N5O/c1-22-9-11-5-4-8-25(10-11)16(27)14-15(17(19,20)21)26(24-23-14)13-7-3-2-6-12(13)18/h2-3,6-7,11,22H,4-5,8-10H2,1H3. The van der Waals surface area contributed by atoms with Gasteiger partial charge in [-0.25, -0.2) is 9.07 Å². The minimum absolute atomic E-state index is 0.156. The van der Waals surface area contributed by atoms with Gasteiger partial charge in [0, 0.05) is 13.1 Å². The predicted octanol–water partition coefficient (Wildman–Crippen LogP) is 2.50. The molecule has 10 heteroatoms. The number of halogens is 4. The predicted molar refractivity (Wildman–Crippen MR) is 88.9 cm³/mol. The summed E-state index contributed by atoms with van der Waals surface area (Å²) < 4.78 is 55.4. The molecule has 146 valence electrons. The van der Waals surface area contributed by atoms with Gasteiger partial charge in [0.05, 0.1) is 0 Å². The number of nitrogens with one attached hydrogen (secondary N) is 1. The van der Waals surface area contributed by atoms with E-state index in [1.54, 1.807) is 7.05 Å². The maximum absolute atomic E-state index is 14.0. The zero-order valence-corrected chi connectivity index (χ0v) is 14.6. The fraction of sp³-hybridized carbons (Fsp3) is 0.471. The van der Waals surface area contributed by atoms with Crippen molar-refractivity contribution in [1.82, 2.24) is 25.2 Å². The van der Waals surface area contributed by atoms with Crippen molar-refractivity contribution >= 4 is 5.91 Å². The molecule has 6 nitrogen and oxygen atoms in total. The lowest BCUT2D eigenvalue weighted by atomic mass is 9.97. The number of aromatic nitrogens is 3. The van der Waals surface area contributed by atoms with E-state index in [9.17, 15) is 22.4 Å². The molecule has 1 fully saturated rings. The van der Waals surface area contributed by atoms with Gasteiger partial charge in [-0.1, -0.05) is 17.3 Å². The summed E-state index contributed by atoms with van der Waals surface area (Å²) in [6.45, 7) is 1.35. The van der Waals surface area contributed by atoms with Gasteiger partial charge in [-0.2, -0.15) is 13.2 Å². The molecular formula is C17H19F4N5O. The van der Waals surface area contributed by atoms with Crippen LogP contribution in [0.4, 0.5) is 17.6 Å². The van der Waals surface area contributed by atoms with Crippen molar-refractivity contribution in [3.05, 3.63) is 41.5 Å². The molecule has 1 aromatic carbocycles. The van der Waals surface area contributed by atoms with Crippen LogP contribution in [0, 0.1) is 11.7 Å². The van der Waals surface area contributed by atoms with Crippen molar-refractivity contribution in [2.45, 2.75) is 19.0 Å². The van der Waals surface area contributed by atoms with Crippen molar-refractivity contribution in [3.8, 4) is 5.69 Å². The Hall–Kier alpha value is -2.49. The van der Waals surface area contributed by atoms with Gasteiger partial charge in [-0.15, -0.1) is 5.10 Å². The highest BCUT2D eigenvalue weighted by atomic mass is 19.4. The van der Waals surface area contributed by atoms with Crippen LogP contribution >= 0.6 is 0 Å². The molecule has 0 bridgehead atoms. The summed E-state index contributed by atoms with van der Waals surface area (Å²) in [5, 5.41) is 9.91. The normalized spacial score (nSPS) is 18.0. The SMILES string of the molecule is CNCC1CCCN(C(=O)c2nnn(-c3ccccc3F)c2C(F)(F)F)C1. The minimum atomic E-state index is -4.92. The minimum Gasteiger partial charge on any atom is -0.337 e. The number of carbonyl (C=O) groups is 1. The molecule has 1 aliphatic rings. The lowest BCUT2D eigenvalue weighted by Gasteiger charge is -2.32. The van der Waals surface area contributed by atoms with Crippen LogP contribution in [-0.4, -0.2) is 52.5 Å². The number of nitrogens with zero attached hydrogens (tertiary/aromatic N) is 4. The van der Waals surface area contributed by atoms with Crippen LogP contribution in [0.5, 0.6) is 0 Å². The number of likely N-dealkylation sites (tertiary alicyclic amines) is 1. The first-order valence-electron chi connectivity index (χ1n) is 8.54. The third-order valence-corrected chi connectivity index (χ3v) is 4.52. The Labute approximate surface area is 153 Å². The second kappa shape index (κ2) is 7.63. The van der Waals surface area contributed by atoms with Gasteiger partial charge in [0.15, 0.2) is 11.4 Å². The Bertz CT molecular complexity index is 818. The molecule has 2 heterocycles. The van der Waals surface area contributed by atoms with Crippen LogP contribution in [0.1, 0.15) is 29.0 Å². The van der Waals surface area contributed by atoms with E-state index < -0.39 is 35.0 Å². The number of alkyl halides is 3. The Balaban J connectivity index is 1.99. The maximum atomic E-state index is 14.0. The van der Waals surface area contributed by atoms with E-state index in [0.717, 1.165) is 18.6 Å². The maximum Gasteiger partial charge on any atom is 0.435 e. The van der Waals surface area contributed by atoms with E-state index in [2.05, 4.69) is 15.6 Å². The number of hydrogen-bond acceptors (Lipinski definition) is 4. The molecule has 3 rings (SSSR count). The number of carbonyl (C=O) groups excluding carboxylic acids is 1. The highest BCUT2D eigenvalue weighted by Gasteiger charge is 2.43. The molecule has 27 heavy (non-hydrogen) atoms. The summed E-state index contributed by atoms with van der Waals surface area (Å²) in [5.74, 6) is -1.58. The molecule has 1 amide bonds. The topological polar surface area (TPSA) is 63.1 Å². The average molecular weight is 385 g/mol. The number of para-hydroxylation sites is 1. The largest absolute Gasteiger partial charge is 0.435 e. The van der Waals surface area contributed by atoms with Gasteiger partial charge in [0.2, 0.25) is 0 Å². The summed E-state index contributed by atoms with van der Waals surface area (Å²) in [6.07, 6.45) is -3.34. The van der Waals surface area contributed by atoms with Gasteiger partial charge < -0.3 is 10.2 Å². The molecule has 1 saturated heterocycles. The molecule has 1 atom stereocenters. The molecular weight excluding hydrogens is 366 g/mol. The summed E-state index contributed by atoms with van der Waals surface area (Å²) in [4.78, 5) is 14.1. The third kappa shape index (κ3) is 3.95. The Morgan fingerprint density at radius 1 is 1.33 bits per heavy atom. The third-order valence-electron chi connectivity index (χ3n) is 4.52. The van der Waals surface area contributed by atoms with Crippen molar-refractivity contribution < 1.29 is 22.4 Å². The number of amides is 1. The monoisotopic (exact) mass is 385 g/mol. The quantitative estimate of drug-likeness (QED) is 0.822. The Morgan fingerprint density at radius 2 is 2.07 bits per heavy atom. The summed E-state index contributed by atoms with van der Waals surface area (Å²) in [6, 6.07) is 4.91. The number of benzene rings is 1. The van der Waals surface area contributed by atoms with Gasteiger partial charge in [0.25, 0.3) is 5.91 Å². The smallest absolute Gasteiger partial charge is 0.337 e. The zero-order chi connectivity index (χ0) is 19.6. The lowest BCUT2D eigenvalue weighted by Crippen LogP contribution is -2.43. The molecule has 2 aromatic rings. The second-order valence-electron chi connectivity index (χ2n) is 6.46. The molecule has 1 aliphatic heterocycles. The molecule has 1 N–H and O–H groups in total. The molecule has 1 unspecified atom stereocenters. The first-order chi connectivity index (χ1) is 12.8. The molecule has 0 aliphatic carbocycles. The van der Waals surface area contributed by atoms with Crippen molar-refractivity contribution in [2.75, 3.05) is 26.7 Å². The van der Waals surface area contributed by atoms with Crippen molar-refractivity contribution in [2.24, 2.45) is 5.92 Å². The van der Waals surface area contributed by atoms with Crippen LogP contribution < -0.4 is 5.32 Å². The van der Waals surface area contributed by atoms with Gasteiger partial charge in [0.1, 0.15) is 11.5 Å². The van der Waals surface area contributed by atoms with E-state index in [1.807, 2.05) is 0 Å². The van der Waals surface area contributed by atoms with Gasteiger partial charge in [-0.3, -0.25) is 4.79 Å². The lowest BCUT2D eigenvalue weighted by molar-refractivity contribution is -0.143. The van der Waals surface area contributed by atoms with E-state index in [4.69, 9.17) is 0 Å². The van der Waals surface area contributed by atoms with Crippen molar-refractivity contribution in [3.63, 3.8) is 0 Å². The van der Waals surface area contributed by atoms with Crippen LogP contribution in [0.3, 0.4) is 0 Å². The van der Waals surface area contributed by atoms with Crippen LogP contribution in [0.2, 0.25) is 0 Å². The van der Waals surface area contributed by atoms with Gasteiger partial charge >= 0.3 is 6.18 Å². The van der Waals surface area contributed by atoms with E-state index >= 15 is 0 Å². The van der Waals surface area contributed by atoms with Crippen LogP contribution in [0.15, 0.2) is 24.3 Å². The number of piperidine rings is 1. The fourth-order valence-electron chi connectivity index (χ4n) is 3.33. The molecule has 1 aromatic heterocycles. The Morgan fingerprint density at radius 3 is 2.74 bits per heavy atom. The number of rotatable bonds is 4. The van der Waals surface area contributed by atoms with Crippen LogP contribution in [-0.2, 0) is 6.18 Å². The molecule has 0 spiro atoms. The van der Waals surface area contributed by atoms with E-state index in [-0.39, 0.29) is 5.92 Å². The van der Waals surface area contributed by atoms with Gasteiger partial charge in [-0.05, 0) is 44.5 Å². The summed E-state index contributed by atoms with van der Waals surface area (Å²) in [5.41, 5.74) is -2.59. The fourth-order valence-corrected chi connectivity index (χ4v) is 3.33. The second-order valence-corrected chi connectivity index (χ2v) is 6.46. The van der Waals surface area contributed by atoms with E-state index in [1.165, 1.54) is 17.0 Å². The first kappa shape index (κ1) is 19.3. The highest BCUT2D eigenvalue weighted by Crippen LogP contribution is 2.34. The van der Waals surface area contributed by atoms with Crippen LogP contribution in [0.25, 0.3) is 5.69 Å².